The number of hydrogen-bond donors (Lipinski definition) is 1. The van der Waals surface area contributed by atoms with E-state index in [4.69, 9.17) is 0 Å². The Morgan fingerprint density at radius 3 is 2.37 bits per heavy atom. The van der Waals surface area contributed by atoms with E-state index in [1.165, 1.54) is 16.2 Å². The first-order valence-corrected chi connectivity index (χ1v) is 8.88. The van der Waals surface area contributed by atoms with Gasteiger partial charge in [0.2, 0.25) is 11.9 Å². The Kier molecular flexibility index (Phi) is 5.21. The molecule has 7 nitrogen and oxygen atoms in total. The average Bonchev–Trinajstić information content (AvgIpc) is 2.96. The molecule has 0 atom stereocenters. The topological polar surface area (TPSA) is 81.8 Å². The lowest BCUT2D eigenvalue weighted by Gasteiger charge is -2.14. The molecule has 0 bridgehead atoms. The highest BCUT2D eigenvalue weighted by Gasteiger charge is 2.15. The highest BCUT2D eigenvalue weighted by Crippen LogP contribution is 2.12. The van der Waals surface area contributed by atoms with Crippen LogP contribution in [0.1, 0.15) is 29.6 Å². The van der Waals surface area contributed by atoms with Gasteiger partial charge in [-0.3, -0.25) is 14.2 Å². The molecule has 2 heterocycles. The predicted octanol–water partition coefficient (Wildman–Crippen LogP) is 2.56. The summed E-state index contributed by atoms with van der Waals surface area (Å²) in [6, 6.07) is 11.0. The van der Waals surface area contributed by atoms with Gasteiger partial charge in [0.25, 0.3) is 5.56 Å². The smallest absolute Gasteiger partial charge is 0.255 e. The van der Waals surface area contributed by atoms with Crippen LogP contribution in [0.5, 0.6) is 0 Å². The fourth-order valence-electron chi connectivity index (χ4n) is 2.92. The molecule has 0 unspecified atom stereocenters. The molecule has 0 aliphatic carbocycles. The normalized spacial score (nSPS) is 10.8. The highest BCUT2D eigenvalue weighted by atomic mass is 16.2. The second kappa shape index (κ2) is 7.57. The van der Waals surface area contributed by atoms with Crippen molar-refractivity contribution in [3.63, 3.8) is 0 Å². The Hall–Kier alpha value is -3.22. The monoisotopic (exact) mass is 365 g/mol. The molecule has 140 valence electrons. The summed E-state index contributed by atoms with van der Waals surface area (Å²) in [6.45, 7) is 7.43. The van der Waals surface area contributed by atoms with Crippen LogP contribution in [0.3, 0.4) is 0 Å². The number of carbonyl (C=O) groups is 1. The fourth-order valence-corrected chi connectivity index (χ4v) is 2.92. The molecule has 3 rings (SSSR count). The van der Waals surface area contributed by atoms with Crippen molar-refractivity contribution in [1.29, 1.82) is 0 Å². The third-order valence-electron chi connectivity index (χ3n) is 4.26. The summed E-state index contributed by atoms with van der Waals surface area (Å²) in [5, 5.41) is 7.22. The minimum atomic E-state index is -0.296. The van der Waals surface area contributed by atoms with Crippen LogP contribution in [0.4, 0.5) is 5.69 Å². The molecule has 0 saturated heterocycles. The van der Waals surface area contributed by atoms with Crippen LogP contribution in [0.2, 0.25) is 0 Å². The molecular formula is C20H23N5O2. The first-order chi connectivity index (χ1) is 12.9. The first-order valence-electron chi connectivity index (χ1n) is 8.88. The summed E-state index contributed by atoms with van der Waals surface area (Å²) in [5.74, 6) is 0.0388. The van der Waals surface area contributed by atoms with Gasteiger partial charge < -0.3 is 5.32 Å². The van der Waals surface area contributed by atoms with Gasteiger partial charge in [-0.1, -0.05) is 19.1 Å². The Labute approximate surface area is 157 Å². The highest BCUT2D eigenvalue weighted by molar-refractivity contribution is 5.90. The number of anilines is 1. The lowest BCUT2D eigenvalue weighted by molar-refractivity contribution is -0.116. The molecular weight excluding hydrogens is 342 g/mol. The maximum atomic E-state index is 12.5. The Morgan fingerprint density at radius 2 is 1.78 bits per heavy atom. The summed E-state index contributed by atoms with van der Waals surface area (Å²) in [7, 11) is 0. The number of nitrogens with zero attached hydrogens (tertiary/aromatic N) is 4. The zero-order valence-electron chi connectivity index (χ0n) is 16.0. The molecule has 3 aromatic rings. The van der Waals surface area contributed by atoms with E-state index in [2.05, 4.69) is 22.3 Å². The second-order valence-electron chi connectivity index (χ2n) is 6.56. The molecule has 27 heavy (non-hydrogen) atoms. The molecule has 1 amide bonds. The van der Waals surface area contributed by atoms with Gasteiger partial charge in [0.15, 0.2) is 0 Å². The van der Waals surface area contributed by atoms with Crippen LogP contribution in [0, 0.1) is 20.8 Å². The summed E-state index contributed by atoms with van der Waals surface area (Å²) >= 11 is 0. The predicted molar refractivity (Wildman–Crippen MR) is 104 cm³/mol. The molecule has 1 aromatic carbocycles. The van der Waals surface area contributed by atoms with Crippen LogP contribution in [0.25, 0.3) is 5.95 Å². The van der Waals surface area contributed by atoms with Crippen LogP contribution in [0.15, 0.2) is 41.2 Å². The third kappa shape index (κ3) is 4.13. The molecule has 7 heteroatoms. The van der Waals surface area contributed by atoms with Gasteiger partial charge in [-0.15, -0.1) is 0 Å². The van der Waals surface area contributed by atoms with Gasteiger partial charge in [-0.25, -0.2) is 9.67 Å². The van der Waals surface area contributed by atoms with E-state index >= 15 is 0 Å². The van der Waals surface area contributed by atoms with Crippen molar-refractivity contribution in [2.45, 2.75) is 40.7 Å². The van der Waals surface area contributed by atoms with Gasteiger partial charge in [0.1, 0.15) is 6.54 Å². The lowest BCUT2D eigenvalue weighted by atomic mass is 10.1. The Balaban J connectivity index is 1.90. The minimum absolute atomic E-state index is 0.144. The summed E-state index contributed by atoms with van der Waals surface area (Å²) < 4.78 is 2.93. The van der Waals surface area contributed by atoms with E-state index in [9.17, 15) is 9.59 Å². The van der Waals surface area contributed by atoms with E-state index in [1.54, 1.807) is 11.6 Å². The molecule has 0 saturated carbocycles. The molecule has 0 aliphatic rings. The zero-order valence-corrected chi connectivity index (χ0v) is 16.0. The lowest BCUT2D eigenvalue weighted by Crippen LogP contribution is -2.32. The van der Waals surface area contributed by atoms with Crippen LogP contribution in [-0.4, -0.2) is 25.2 Å². The third-order valence-corrected chi connectivity index (χ3v) is 4.26. The maximum absolute atomic E-state index is 12.5. The van der Waals surface area contributed by atoms with E-state index in [-0.39, 0.29) is 18.0 Å². The number of aryl methyl sites for hydroxylation is 4. The van der Waals surface area contributed by atoms with Crippen molar-refractivity contribution in [1.82, 2.24) is 19.3 Å². The fraction of sp³-hybridized carbons (Fsp3) is 0.300. The quantitative estimate of drug-likeness (QED) is 0.753. The van der Waals surface area contributed by atoms with Gasteiger partial charge in [-0.2, -0.15) is 5.10 Å². The first kappa shape index (κ1) is 18.6. The average molecular weight is 365 g/mol. The van der Waals surface area contributed by atoms with Crippen molar-refractivity contribution >= 4 is 11.6 Å². The van der Waals surface area contributed by atoms with Crippen molar-refractivity contribution < 1.29 is 4.79 Å². The van der Waals surface area contributed by atoms with E-state index in [0.29, 0.717) is 17.3 Å². The van der Waals surface area contributed by atoms with E-state index < -0.39 is 0 Å². The maximum Gasteiger partial charge on any atom is 0.255 e. The standard InChI is InChI=1S/C20H23N5O2/c1-5-16-6-8-17(9-7-16)22-18(26)12-24-19(27)11-13(2)21-20(24)25-15(4)10-14(3)23-25/h6-11H,5,12H2,1-4H3,(H,22,26). The minimum Gasteiger partial charge on any atom is -0.325 e. The number of hydrogen-bond acceptors (Lipinski definition) is 4. The van der Waals surface area contributed by atoms with Crippen molar-refractivity contribution in [3.05, 3.63) is 69.4 Å². The van der Waals surface area contributed by atoms with Gasteiger partial charge in [0, 0.05) is 23.1 Å². The summed E-state index contributed by atoms with van der Waals surface area (Å²) in [4.78, 5) is 29.5. The molecule has 1 N–H and O–H groups in total. The van der Waals surface area contributed by atoms with Crippen molar-refractivity contribution in [2.24, 2.45) is 0 Å². The number of nitrogens with one attached hydrogen (secondary N) is 1. The van der Waals surface area contributed by atoms with Gasteiger partial charge in [0.05, 0.1) is 5.69 Å². The van der Waals surface area contributed by atoms with Crippen LogP contribution >= 0.6 is 0 Å². The molecule has 0 spiro atoms. The van der Waals surface area contributed by atoms with E-state index in [1.807, 2.05) is 44.2 Å². The Morgan fingerprint density at radius 1 is 1.07 bits per heavy atom. The molecule has 0 radical (unpaired) electrons. The Bertz CT molecular complexity index is 1030. The van der Waals surface area contributed by atoms with Crippen molar-refractivity contribution in [3.8, 4) is 5.95 Å². The molecule has 0 aliphatic heterocycles. The van der Waals surface area contributed by atoms with E-state index in [0.717, 1.165) is 17.8 Å². The summed E-state index contributed by atoms with van der Waals surface area (Å²) in [6.07, 6.45) is 0.935. The van der Waals surface area contributed by atoms with Gasteiger partial charge in [-0.05, 0) is 51.0 Å². The number of aromatic nitrogens is 4. The van der Waals surface area contributed by atoms with Crippen LogP contribution in [-0.2, 0) is 17.8 Å². The molecule has 2 aromatic heterocycles. The molecule has 0 fully saturated rings. The number of rotatable bonds is 5. The number of benzene rings is 1. The van der Waals surface area contributed by atoms with Gasteiger partial charge >= 0.3 is 0 Å². The SMILES string of the molecule is CCc1ccc(NC(=O)Cn2c(-n3nc(C)cc3C)nc(C)cc2=O)cc1. The zero-order chi connectivity index (χ0) is 19.6. The second-order valence-corrected chi connectivity index (χ2v) is 6.56. The van der Waals surface area contributed by atoms with Crippen molar-refractivity contribution in [2.75, 3.05) is 5.32 Å². The number of amides is 1. The largest absolute Gasteiger partial charge is 0.325 e. The summed E-state index contributed by atoms with van der Waals surface area (Å²) in [5.41, 5.74) is 3.83. The number of carbonyl (C=O) groups excluding carboxylic acids is 1. The van der Waals surface area contributed by atoms with Crippen LogP contribution < -0.4 is 10.9 Å².